The third-order valence-corrected chi connectivity index (χ3v) is 4.87. The molecule has 0 fully saturated rings. The minimum Gasteiger partial charge on any atom is -0.456 e. The highest BCUT2D eigenvalue weighted by atomic mass is 32.1. The van der Waals surface area contributed by atoms with Crippen LogP contribution in [0.2, 0.25) is 0 Å². The van der Waals surface area contributed by atoms with Crippen LogP contribution in [0.25, 0.3) is 0 Å². The molecule has 0 aliphatic rings. The number of hydrogen-bond acceptors (Lipinski definition) is 5. The van der Waals surface area contributed by atoms with Gasteiger partial charge >= 0.3 is 5.97 Å². The van der Waals surface area contributed by atoms with Crippen molar-refractivity contribution in [2.75, 3.05) is 11.9 Å². The number of benzene rings is 1. The van der Waals surface area contributed by atoms with E-state index in [-0.39, 0.29) is 25.2 Å². The Morgan fingerprint density at radius 1 is 1.08 bits per heavy atom. The number of carbonyl (C=O) groups excluding carboxylic acids is 3. The van der Waals surface area contributed by atoms with Crippen molar-refractivity contribution in [2.24, 2.45) is 0 Å². The summed E-state index contributed by atoms with van der Waals surface area (Å²) in [6, 6.07) is 9.32. The van der Waals surface area contributed by atoms with Gasteiger partial charge in [0.05, 0.1) is 6.42 Å². The molecule has 6 heteroatoms. The summed E-state index contributed by atoms with van der Waals surface area (Å²) in [5, 5.41) is 2.67. The number of Topliss-reactive ketones (excluding diaryl/α,β-unsaturated/α-hetero) is 1. The SMILES string of the molecule is CCc1ccc(NC(=O)COC(=O)CCC(=O)c2cc(C)sc2C)cc1. The molecule has 0 radical (unpaired) electrons. The van der Waals surface area contributed by atoms with Gasteiger partial charge in [-0.15, -0.1) is 11.3 Å². The van der Waals surface area contributed by atoms with E-state index in [4.69, 9.17) is 4.74 Å². The van der Waals surface area contributed by atoms with Crippen LogP contribution in [0.15, 0.2) is 30.3 Å². The summed E-state index contributed by atoms with van der Waals surface area (Å²) in [7, 11) is 0. The fraction of sp³-hybridized carbons (Fsp3) is 0.350. The van der Waals surface area contributed by atoms with Crippen molar-refractivity contribution in [1.82, 2.24) is 0 Å². The Morgan fingerprint density at radius 3 is 2.35 bits per heavy atom. The first-order chi connectivity index (χ1) is 12.4. The van der Waals surface area contributed by atoms with Gasteiger partial charge in [-0.3, -0.25) is 14.4 Å². The fourth-order valence-electron chi connectivity index (χ4n) is 2.50. The van der Waals surface area contributed by atoms with Gasteiger partial charge in [-0.2, -0.15) is 0 Å². The number of carbonyl (C=O) groups is 3. The van der Waals surface area contributed by atoms with Gasteiger partial charge in [-0.1, -0.05) is 19.1 Å². The number of ketones is 1. The largest absolute Gasteiger partial charge is 0.456 e. The Balaban J connectivity index is 1.73. The van der Waals surface area contributed by atoms with E-state index in [1.165, 1.54) is 5.56 Å². The van der Waals surface area contributed by atoms with Crippen LogP contribution in [-0.2, 0) is 20.7 Å². The van der Waals surface area contributed by atoms with Gasteiger partial charge in [0.25, 0.3) is 5.91 Å². The predicted molar refractivity (Wildman–Crippen MR) is 103 cm³/mol. The van der Waals surface area contributed by atoms with Crippen molar-refractivity contribution in [1.29, 1.82) is 0 Å². The normalized spacial score (nSPS) is 10.4. The van der Waals surface area contributed by atoms with Gasteiger partial charge in [-0.25, -0.2) is 0 Å². The van der Waals surface area contributed by atoms with Gasteiger partial charge in [0, 0.05) is 27.4 Å². The van der Waals surface area contributed by atoms with Gasteiger partial charge in [-0.05, 0) is 44.0 Å². The van der Waals surface area contributed by atoms with Crippen molar-refractivity contribution in [2.45, 2.75) is 40.0 Å². The third-order valence-electron chi connectivity index (χ3n) is 3.91. The molecule has 0 bridgehead atoms. The highest BCUT2D eigenvalue weighted by molar-refractivity contribution is 7.12. The minimum atomic E-state index is -0.556. The summed E-state index contributed by atoms with van der Waals surface area (Å²) in [6.07, 6.45) is 0.969. The van der Waals surface area contributed by atoms with Crippen LogP contribution in [-0.4, -0.2) is 24.3 Å². The van der Waals surface area contributed by atoms with Crippen molar-refractivity contribution in [3.8, 4) is 0 Å². The monoisotopic (exact) mass is 373 g/mol. The number of thiophene rings is 1. The maximum absolute atomic E-state index is 12.1. The highest BCUT2D eigenvalue weighted by Crippen LogP contribution is 2.22. The Labute approximate surface area is 157 Å². The lowest BCUT2D eigenvalue weighted by Gasteiger charge is -2.07. The number of hydrogen-bond donors (Lipinski definition) is 1. The van der Waals surface area contributed by atoms with Crippen molar-refractivity contribution in [3.63, 3.8) is 0 Å². The van der Waals surface area contributed by atoms with Crippen LogP contribution in [0.1, 0.15) is 45.4 Å². The molecule has 1 N–H and O–H groups in total. The van der Waals surface area contributed by atoms with E-state index in [1.54, 1.807) is 11.3 Å². The second kappa shape index (κ2) is 9.29. The lowest BCUT2D eigenvalue weighted by atomic mass is 10.1. The van der Waals surface area contributed by atoms with E-state index >= 15 is 0 Å². The van der Waals surface area contributed by atoms with E-state index in [0.717, 1.165) is 16.2 Å². The van der Waals surface area contributed by atoms with Gasteiger partial charge in [0.15, 0.2) is 12.4 Å². The van der Waals surface area contributed by atoms with Gasteiger partial charge in [0.1, 0.15) is 0 Å². The molecule has 5 nitrogen and oxygen atoms in total. The second-order valence-electron chi connectivity index (χ2n) is 6.01. The molecule has 0 spiro atoms. The van der Waals surface area contributed by atoms with Crippen LogP contribution in [0.5, 0.6) is 0 Å². The van der Waals surface area contributed by atoms with E-state index in [2.05, 4.69) is 12.2 Å². The van der Waals surface area contributed by atoms with E-state index < -0.39 is 11.9 Å². The number of rotatable bonds is 8. The predicted octanol–water partition coefficient (Wildman–Crippen LogP) is 4.07. The van der Waals surface area contributed by atoms with E-state index in [0.29, 0.717) is 11.3 Å². The maximum Gasteiger partial charge on any atom is 0.306 e. The zero-order valence-electron chi connectivity index (χ0n) is 15.3. The molecule has 26 heavy (non-hydrogen) atoms. The number of ether oxygens (including phenoxy) is 1. The molecule has 1 heterocycles. The van der Waals surface area contributed by atoms with Crippen molar-refractivity contribution in [3.05, 3.63) is 51.2 Å². The number of anilines is 1. The third kappa shape index (κ3) is 5.81. The van der Waals surface area contributed by atoms with Gasteiger partial charge < -0.3 is 10.1 Å². The Hall–Kier alpha value is -2.47. The molecular formula is C20H23NO4S. The topological polar surface area (TPSA) is 72.5 Å². The zero-order chi connectivity index (χ0) is 19.1. The summed E-state index contributed by atoms with van der Waals surface area (Å²) in [5.74, 6) is -1.04. The Morgan fingerprint density at radius 2 is 1.77 bits per heavy atom. The average Bonchev–Trinajstić information content (AvgIpc) is 2.97. The first kappa shape index (κ1) is 19.8. The molecule has 0 unspecified atom stereocenters. The summed E-state index contributed by atoms with van der Waals surface area (Å²) < 4.78 is 4.94. The minimum absolute atomic E-state index is 0.0361. The van der Waals surface area contributed by atoms with E-state index in [1.807, 2.05) is 44.2 Å². The van der Waals surface area contributed by atoms with Gasteiger partial charge in [0.2, 0.25) is 0 Å². The van der Waals surface area contributed by atoms with Crippen LogP contribution in [0.3, 0.4) is 0 Å². The Kier molecular flexibility index (Phi) is 7.09. The quantitative estimate of drug-likeness (QED) is 0.559. The molecule has 1 aromatic carbocycles. The maximum atomic E-state index is 12.1. The molecule has 0 saturated heterocycles. The molecule has 0 aliphatic carbocycles. The summed E-state index contributed by atoms with van der Waals surface area (Å²) in [4.78, 5) is 37.7. The van der Waals surface area contributed by atoms with Crippen LogP contribution in [0, 0.1) is 13.8 Å². The molecule has 138 valence electrons. The van der Waals surface area contributed by atoms with Crippen LogP contribution < -0.4 is 5.32 Å². The molecule has 0 atom stereocenters. The van der Waals surface area contributed by atoms with Crippen molar-refractivity contribution >= 4 is 34.7 Å². The number of esters is 1. The van der Waals surface area contributed by atoms with Crippen LogP contribution >= 0.6 is 11.3 Å². The Bertz CT molecular complexity index is 793. The summed E-state index contributed by atoms with van der Waals surface area (Å²) in [5.41, 5.74) is 2.49. The van der Waals surface area contributed by atoms with Crippen molar-refractivity contribution < 1.29 is 19.1 Å². The zero-order valence-corrected chi connectivity index (χ0v) is 16.1. The van der Waals surface area contributed by atoms with Crippen LogP contribution in [0.4, 0.5) is 5.69 Å². The first-order valence-electron chi connectivity index (χ1n) is 8.53. The second-order valence-corrected chi connectivity index (χ2v) is 7.47. The molecule has 0 saturated carbocycles. The molecule has 1 aromatic heterocycles. The number of amides is 1. The standard InChI is InChI=1S/C20H23NO4S/c1-4-15-5-7-16(8-6-15)21-19(23)12-25-20(24)10-9-18(22)17-11-13(2)26-14(17)3/h5-8,11H,4,9-10,12H2,1-3H3,(H,21,23). The summed E-state index contributed by atoms with van der Waals surface area (Å²) >= 11 is 1.56. The first-order valence-corrected chi connectivity index (χ1v) is 9.35. The molecule has 0 aliphatic heterocycles. The number of aryl methyl sites for hydroxylation is 3. The smallest absolute Gasteiger partial charge is 0.306 e. The summed E-state index contributed by atoms with van der Waals surface area (Å²) in [6.45, 7) is 5.52. The fourth-order valence-corrected chi connectivity index (χ4v) is 3.44. The average molecular weight is 373 g/mol. The lowest BCUT2D eigenvalue weighted by molar-refractivity contribution is -0.147. The highest BCUT2D eigenvalue weighted by Gasteiger charge is 2.15. The molecule has 1 amide bonds. The lowest BCUT2D eigenvalue weighted by Crippen LogP contribution is -2.21. The molecule has 2 rings (SSSR count). The molecule has 2 aromatic rings. The van der Waals surface area contributed by atoms with E-state index in [9.17, 15) is 14.4 Å². The number of nitrogens with one attached hydrogen (secondary N) is 1. The molecular weight excluding hydrogens is 350 g/mol.